The van der Waals surface area contributed by atoms with E-state index in [1.165, 1.54) is 0 Å². The first-order valence-corrected chi connectivity index (χ1v) is 8.70. The van der Waals surface area contributed by atoms with E-state index in [4.69, 9.17) is 4.74 Å². The van der Waals surface area contributed by atoms with E-state index in [1.807, 2.05) is 57.2 Å². The third kappa shape index (κ3) is 4.23. The standard InChI is InChI=1S/C19H23N5O2/c1-13-12-14(2)24-19(21-13)22-17(23-24)18(25)20-10-7-11-26-15(3)16-8-5-4-6-9-16/h4-6,8-9,12,15H,7,10-11H2,1-3H3,(H,20,25). The van der Waals surface area contributed by atoms with E-state index < -0.39 is 0 Å². The summed E-state index contributed by atoms with van der Waals surface area (Å²) < 4.78 is 7.37. The van der Waals surface area contributed by atoms with Crippen LogP contribution in [0.1, 0.15) is 47.0 Å². The number of nitrogens with zero attached hydrogens (tertiary/aromatic N) is 4. The number of benzene rings is 1. The fourth-order valence-corrected chi connectivity index (χ4v) is 2.70. The lowest BCUT2D eigenvalue weighted by atomic mass is 10.1. The highest BCUT2D eigenvalue weighted by atomic mass is 16.5. The molecule has 0 saturated heterocycles. The van der Waals surface area contributed by atoms with Gasteiger partial charge in [-0.25, -0.2) is 9.50 Å². The van der Waals surface area contributed by atoms with Crippen molar-refractivity contribution in [2.24, 2.45) is 0 Å². The van der Waals surface area contributed by atoms with Gasteiger partial charge in [0, 0.05) is 24.5 Å². The Labute approximate surface area is 152 Å². The molecule has 1 N–H and O–H groups in total. The molecule has 7 nitrogen and oxygen atoms in total. The first-order valence-electron chi connectivity index (χ1n) is 8.70. The summed E-state index contributed by atoms with van der Waals surface area (Å²) in [7, 11) is 0. The summed E-state index contributed by atoms with van der Waals surface area (Å²) in [5.41, 5.74) is 2.88. The zero-order valence-electron chi connectivity index (χ0n) is 15.3. The molecule has 0 aliphatic rings. The van der Waals surface area contributed by atoms with Crippen LogP contribution >= 0.6 is 0 Å². The van der Waals surface area contributed by atoms with Gasteiger partial charge in [0.2, 0.25) is 5.82 Å². The van der Waals surface area contributed by atoms with E-state index >= 15 is 0 Å². The minimum absolute atomic E-state index is 0.0318. The van der Waals surface area contributed by atoms with Gasteiger partial charge in [-0.3, -0.25) is 4.79 Å². The Morgan fingerprint density at radius 2 is 2.00 bits per heavy atom. The van der Waals surface area contributed by atoms with Crippen LogP contribution in [0.4, 0.5) is 0 Å². The highest BCUT2D eigenvalue weighted by Gasteiger charge is 2.14. The Morgan fingerprint density at radius 1 is 1.23 bits per heavy atom. The highest BCUT2D eigenvalue weighted by Crippen LogP contribution is 2.15. The number of carbonyl (C=O) groups is 1. The molecule has 7 heteroatoms. The number of hydrogen-bond donors (Lipinski definition) is 1. The van der Waals surface area contributed by atoms with Crippen molar-refractivity contribution in [1.29, 1.82) is 0 Å². The Bertz CT molecular complexity index is 892. The molecule has 3 aromatic rings. The van der Waals surface area contributed by atoms with Crippen molar-refractivity contribution in [3.05, 3.63) is 59.2 Å². The van der Waals surface area contributed by atoms with Crippen LogP contribution in [-0.2, 0) is 4.74 Å². The minimum atomic E-state index is -0.302. The largest absolute Gasteiger partial charge is 0.374 e. The average molecular weight is 353 g/mol. The Kier molecular flexibility index (Phi) is 5.58. The molecule has 1 atom stereocenters. The molecule has 136 valence electrons. The number of ether oxygens (including phenoxy) is 1. The lowest BCUT2D eigenvalue weighted by molar-refractivity contribution is 0.0634. The molecule has 1 unspecified atom stereocenters. The van der Waals surface area contributed by atoms with Crippen LogP contribution < -0.4 is 5.32 Å². The molecule has 0 radical (unpaired) electrons. The number of hydrogen-bond acceptors (Lipinski definition) is 5. The van der Waals surface area contributed by atoms with E-state index in [1.54, 1.807) is 4.52 Å². The van der Waals surface area contributed by atoms with Crippen LogP contribution in [0, 0.1) is 13.8 Å². The van der Waals surface area contributed by atoms with Crippen molar-refractivity contribution >= 4 is 11.7 Å². The molecule has 0 saturated carbocycles. The number of aryl methyl sites for hydroxylation is 2. The van der Waals surface area contributed by atoms with Gasteiger partial charge in [-0.1, -0.05) is 30.3 Å². The van der Waals surface area contributed by atoms with Crippen LogP contribution in [0.5, 0.6) is 0 Å². The fraction of sp³-hybridized carbons (Fsp3) is 0.368. The third-order valence-electron chi connectivity index (χ3n) is 4.06. The van der Waals surface area contributed by atoms with Gasteiger partial charge in [0.05, 0.1) is 6.10 Å². The quantitative estimate of drug-likeness (QED) is 0.661. The van der Waals surface area contributed by atoms with Gasteiger partial charge in [-0.05, 0) is 38.8 Å². The third-order valence-corrected chi connectivity index (χ3v) is 4.06. The van der Waals surface area contributed by atoms with Crippen molar-refractivity contribution in [3.63, 3.8) is 0 Å². The molecule has 0 fully saturated rings. The maximum Gasteiger partial charge on any atom is 0.291 e. The smallest absolute Gasteiger partial charge is 0.291 e. The van der Waals surface area contributed by atoms with Crippen molar-refractivity contribution in [1.82, 2.24) is 24.9 Å². The minimum Gasteiger partial charge on any atom is -0.374 e. The predicted octanol–water partition coefficient (Wildman–Crippen LogP) is 2.64. The van der Waals surface area contributed by atoms with Gasteiger partial charge in [0.1, 0.15) is 0 Å². The normalized spacial score (nSPS) is 12.3. The molecule has 26 heavy (non-hydrogen) atoms. The first-order chi connectivity index (χ1) is 12.5. The first kappa shape index (κ1) is 18.0. The summed E-state index contributed by atoms with van der Waals surface area (Å²) in [4.78, 5) is 20.7. The molecule has 3 rings (SSSR count). The van der Waals surface area contributed by atoms with Crippen LogP contribution in [0.3, 0.4) is 0 Å². The van der Waals surface area contributed by atoms with Gasteiger partial charge in [0.25, 0.3) is 11.7 Å². The fourth-order valence-electron chi connectivity index (χ4n) is 2.70. The van der Waals surface area contributed by atoms with Gasteiger partial charge >= 0.3 is 0 Å². The molecule has 0 spiro atoms. The predicted molar refractivity (Wildman–Crippen MR) is 98.0 cm³/mol. The zero-order chi connectivity index (χ0) is 18.5. The summed E-state index contributed by atoms with van der Waals surface area (Å²) >= 11 is 0. The highest BCUT2D eigenvalue weighted by molar-refractivity contribution is 5.90. The van der Waals surface area contributed by atoms with Crippen LogP contribution in [0.2, 0.25) is 0 Å². The van der Waals surface area contributed by atoms with E-state index in [0.29, 0.717) is 25.4 Å². The Morgan fingerprint density at radius 3 is 2.77 bits per heavy atom. The SMILES string of the molecule is Cc1cc(C)n2nc(C(=O)NCCCOC(C)c3ccccc3)nc2n1. The number of nitrogens with one attached hydrogen (secondary N) is 1. The molecule has 2 aromatic heterocycles. The molecule has 0 aliphatic heterocycles. The maximum absolute atomic E-state index is 12.2. The number of amides is 1. The Balaban J connectivity index is 1.46. The van der Waals surface area contributed by atoms with Crippen LogP contribution in [0.25, 0.3) is 5.78 Å². The van der Waals surface area contributed by atoms with E-state index in [2.05, 4.69) is 20.4 Å². The second kappa shape index (κ2) is 8.05. The van der Waals surface area contributed by atoms with Crippen molar-refractivity contribution in [2.75, 3.05) is 13.2 Å². The van der Waals surface area contributed by atoms with Crippen molar-refractivity contribution < 1.29 is 9.53 Å². The topological polar surface area (TPSA) is 81.4 Å². The van der Waals surface area contributed by atoms with Gasteiger partial charge in [-0.2, -0.15) is 4.98 Å². The number of aromatic nitrogens is 4. The lowest BCUT2D eigenvalue weighted by Crippen LogP contribution is -2.26. The molecule has 1 aromatic carbocycles. The van der Waals surface area contributed by atoms with Crippen LogP contribution in [-0.4, -0.2) is 38.6 Å². The van der Waals surface area contributed by atoms with Gasteiger partial charge < -0.3 is 10.1 Å². The number of rotatable bonds is 7. The molecular formula is C19H23N5O2. The number of fused-ring (bicyclic) bond motifs is 1. The lowest BCUT2D eigenvalue weighted by Gasteiger charge is -2.13. The van der Waals surface area contributed by atoms with Crippen molar-refractivity contribution in [3.8, 4) is 0 Å². The summed E-state index contributed by atoms with van der Waals surface area (Å²) in [6.07, 6.45) is 0.747. The summed E-state index contributed by atoms with van der Waals surface area (Å²) in [5, 5.41) is 7.04. The van der Waals surface area contributed by atoms with E-state index in [0.717, 1.165) is 17.0 Å². The second-order valence-electron chi connectivity index (χ2n) is 6.22. The zero-order valence-corrected chi connectivity index (χ0v) is 15.3. The van der Waals surface area contributed by atoms with E-state index in [-0.39, 0.29) is 17.8 Å². The average Bonchev–Trinajstić information content (AvgIpc) is 3.06. The van der Waals surface area contributed by atoms with E-state index in [9.17, 15) is 4.79 Å². The summed E-state index contributed by atoms with van der Waals surface area (Å²) in [6.45, 7) is 6.88. The molecule has 0 bridgehead atoms. The maximum atomic E-state index is 12.2. The monoisotopic (exact) mass is 353 g/mol. The van der Waals surface area contributed by atoms with Gasteiger partial charge in [-0.15, -0.1) is 5.10 Å². The Hall–Kier alpha value is -2.80. The van der Waals surface area contributed by atoms with Crippen LogP contribution in [0.15, 0.2) is 36.4 Å². The summed E-state index contributed by atoms with van der Waals surface area (Å²) in [5.74, 6) is 0.265. The molecule has 1 amide bonds. The molecule has 0 aliphatic carbocycles. The van der Waals surface area contributed by atoms with Gasteiger partial charge in [0.15, 0.2) is 0 Å². The molecular weight excluding hydrogens is 330 g/mol. The second-order valence-corrected chi connectivity index (χ2v) is 6.22. The molecule has 2 heterocycles. The number of carbonyl (C=O) groups excluding carboxylic acids is 1. The summed E-state index contributed by atoms with van der Waals surface area (Å²) in [6, 6.07) is 12.0. The van der Waals surface area contributed by atoms with Crippen molar-refractivity contribution in [2.45, 2.75) is 33.3 Å².